The molecule has 0 bridgehead atoms. The van der Waals surface area contributed by atoms with E-state index < -0.39 is 0 Å². The van der Waals surface area contributed by atoms with Crippen LogP contribution in [0.2, 0.25) is 0 Å². The number of nitrogens with zero attached hydrogens (tertiary/aromatic N) is 7. The first-order valence-electron chi connectivity index (χ1n) is 10.7. The second-order valence-corrected chi connectivity index (χ2v) is 7.60. The van der Waals surface area contributed by atoms with Crippen molar-refractivity contribution >= 4 is 11.8 Å². The Labute approximate surface area is 186 Å². The molecule has 1 aliphatic rings. The molecule has 4 rings (SSSR count). The monoisotopic (exact) mass is 431 g/mol. The SMILES string of the molecule is CCNC(=O)Nc1cc(CN2CCC(c3ccc(-n4cccn4)nc3C#N)CC2)ncn1. The molecule has 0 spiro atoms. The Bertz CT molecular complexity index is 1100. The summed E-state index contributed by atoms with van der Waals surface area (Å²) in [4.78, 5) is 27.0. The van der Waals surface area contributed by atoms with Gasteiger partial charge in [-0.2, -0.15) is 10.4 Å². The third-order valence-corrected chi connectivity index (χ3v) is 5.47. The first kappa shape index (κ1) is 21.4. The number of hydrogen-bond donors (Lipinski definition) is 2. The average Bonchev–Trinajstić information content (AvgIpc) is 3.35. The lowest BCUT2D eigenvalue weighted by atomic mass is 9.88. The predicted octanol–water partition coefficient (Wildman–Crippen LogP) is 2.45. The Hall–Kier alpha value is -3.84. The zero-order chi connectivity index (χ0) is 22.3. The molecule has 3 aromatic rings. The van der Waals surface area contributed by atoms with Gasteiger partial charge in [0.05, 0.1) is 5.69 Å². The molecular formula is C22H25N9O. The summed E-state index contributed by atoms with van der Waals surface area (Å²) in [6.07, 6.45) is 6.84. The quantitative estimate of drug-likeness (QED) is 0.614. The Morgan fingerprint density at radius 3 is 2.84 bits per heavy atom. The van der Waals surface area contributed by atoms with Gasteiger partial charge in [0.15, 0.2) is 5.82 Å². The molecule has 4 heterocycles. The van der Waals surface area contributed by atoms with E-state index in [1.165, 1.54) is 6.33 Å². The molecule has 0 atom stereocenters. The van der Waals surface area contributed by atoms with Crippen LogP contribution in [0.1, 0.15) is 42.6 Å². The van der Waals surface area contributed by atoms with Crippen molar-refractivity contribution in [2.75, 3.05) is 25.0 Å². The largest absolute Gasteiger partial charge is 0.338 e. The molecule has 0 aliphatic carbocycles. The number of rotatable bonds is 6. The third-order valence-electron chi connectivity index (χ3n) is 5.47. The van der Waals surface area contributed by atoms with Crippen LogP contribution in [0.25, 0.3) is 5.82 Å². The molecule has 0 unspecified atom stereocenters. The predicted molar refractivity (Wildman–Crippen MR) is 118 cm³/mol. The van der Waals surface area contributed by atoms with Gasteiger partial charge in [-0.25, -0.2) is 24.4 Å². The molecule has 1 aliphatic heterocycles. The Morgan fingerprint density at radius 2 is 2.12 bits per heavy atom. The molecular weight excluding hydrogens is 406 g/mol. The van der Waals surface area contributed by atoms with Crippen LogP contribution in [0, 0.1) is 11.3 Å². The zero-order valence-corrected chi connectivity index (χ0v) is 17.9. The van der Waals surface area contributed by atoms with Gasteiger partial charge in [-0.3, -0.25) is 10.2 Å². The molecule has 164 valence electrons. The number of nitriles is 1. The second kappa shape index (κ2) is 9.98. The number of nitrogens with one attached hydrogen (secondary N) is 2. The lowest BCUT2D eigenvalue weighted by molar-refractivity contribution is 0.202. The highest BCUT2D eigenvalue weighted by Gasteiger charge is 2.24. The van der Waals surface area contributed by atoms with E-state index in [0.29, 0.717) is 36.3 Å². The highest BCUT2D eigenvalue weighted by Crippen LogP contribution is 2.30. The van der Waals surface area contributed by atoms with Crippen LogP contribution in [0.15, 0.2) is 43.0 Å². The first-order valence-corrected chi connectivity index (χ1v) is 10.7. The fraction of sp³-hybridized carbons (Fsp3) is 0.364. The van der Waals surface area contributed by atoms with Gasteiger partial charge in [-0.05, 0) is 56.5 Å². The maximum absolute atomic E-state index is 11.7. The third kappa shape index (κ3) is 5.07. The lowest BCUT2D eigenvalue weighted by Gasteiger charge is -2.32. The number of carbonyl (C=O) groups is 1. The van der Waals surface area contributed by atoms with Crippen molar-refractivity contribution in [3.8, 4) is 11.9 Å². The Balaban J connectivity index is 1.37. The van der Waals surface area contributed by atoms with Gasteiger partial charge < -0.3 is 5.32 Å². The van der Waals surface area contributed by atoms with Crippen LogP contribution in [0.4, 0.5) is 10.6 Å². The molecule has 3 aromatic heterocycles. The molecule has 1 fully saturated rings. The number of amides is 2. The van der Waals surface area contributed by atoms with Gasteiger partial charge in [0.25, 0.3) is 0 Å². The number of likely N-dealkylation sites (tertiary alicyclic amines) is 1. The smallest absolute Gasteiger partial charge is 0.320 e. The van der Waals surface area contributed by atoms with Crippen molar-refractivity contribution < 1.29 is 4.79 Å². The van der Waals surface area contributed by atoms with Crippen molar-refractivity contribution in [3.05, 3.63) is 59.9 Å². The number of urea groups is 1. The van der Waals surface area contributed by atoms with E-state index in [0.717, 1.165) is 37.2 Å². The molecule has 10 heteroatoms. The van der Waals surface area contributed by atoms with Crippen LogP contribution in [-0.2, 0) is 6.54 Å². The van der Waals surface area contributed by atoms with Crippen molar-refractivity contribution in [2.24, 2.45) is 0 Å². The fourth-order valence-corrected chi connectivity index (χ4v) is 3.92. The summed E-state index contributed by atoms with van der Waals surface area (Å²) in [6.45, 7) is 4.87. The van der Waals surface area contributed by atoms with Crippen molar-refractivity contribution in [3.63, 3.8) is 0 Å². The van der Waals surface area contributed by atoms with Crippen LogP contribution in [-0.4, -0.2) is 55.3 Å². The minimum absolute atomic E-state index is 0.279. The van der Waals surface area contributed by atoms with Crippen LogP contribution < -0.4 is 10.6 Å². The fourth-order valence-electron chi connectivity index (χ4n) is 3.92. The normalized spacial score (nSPS) is 14.6. The molecule has 1 saturated heterocycles. The number of hydrogen-bond acceptors (Lipinski definition) is 7. The van der Waals surface area contributed by atoms with Crippen molar-refractivity contribution in [2.45, 2.75) is 32.2 Å². The Morgan fingerprint density at radius 1 is 1.28 bits per heavy atom. The maximum Gasteiger partial charge on any atom is 0.320 e. The summed E-state index contributed by atoms with van der Waals surface area (Å²) in [7, 11) is 0. The van der Waals surface area contributed by atoms with Crippen molar-refractivity contribution in [1.29, 1.82) is 5.26 Å². The summed E-state index contributed by atoms with van der Waals surface area (Å²) in [5.41, 5.74) is 2.32. The van der Waals surface area contributed by atoms with Gasteiger partial charge in [0.2, 0.25) is 0 Å². The van der Waals surface area contributed by atoms with Gasteiger partial charge in [-0.1, -0.05) is 6.07 Å². The number of aromatic nitrogens is 5. The van der Waals surface area contributed by atoms with Gasteiger partial charge in [-0.15, -0.1) is 0 Å². The Kier molecular flexibility index (Phi) is 6.67. The number of piperidine rings is 1. The van der Waals surface area contributed by atoms with E-state index in [9.17, 15) is 10.1 Å². The number of anilines is 1. The molecule has 0 radical (unpaired) electrons. The second-order valence-electron chi connectivity index (χ2n) is 7.60. The standard InChI is InChI=1S/C22H25N9O/c1-2-24-22(32)29-20-12-17(25-15-26-20)14-30-10-6-16(7-11-30)18-4-5-21(28-19(18)13-23)31-9-3-8-27-31/h3-5,8-9,12,15-16H,2,6-7,10-11,14H2,1H3,(H2,24,25,26,29,32). The molecule has 0 aromatic carbocycles. The topological polar surface area (TPSA) is 125 Å². The summed E-state index contributed by atoms with van der Waals surface area (Å²) in [6, 6.07) is 9.52. The van der Waals surface area contributed by atoms with Crippen LogP contribution in [0.5, 0.6) is 0 Å². The average molecular weight is 432 g/mol. The van der Waals surface area contributed by atoms with Gasteiger partial charge in [0.1, 0.15) is 23.9 Å². The molecule has 2 amide bonds. The van der Waals surface area contributed by atoms with Gasteiger partial charge in [0, 0.05) is 31.5 Å². The number of carbonyl (C=O) groups excluding carboxylic acids is 1. The minimum Gasteiger partial charge on any atom is -0.338 e. The summed E-state index contributed by atoms with van der Waals surface area (Å²) >= 11 is 0. The summed E-state index contributed by atoms with van der Waals surface area (Å²) in [5.74, 6) is 1.42. The van der Waals surface area contributed by atoms with Gasteiger partial charge >= 0.3 is 6.03 Å². The minimum atomic E-state index is -0.279. The summed E-state index contributed by atoms with van der Waals surface area (Å²) in [5, 5.41) is 19.2. The van der Waals surface area contributed by atoms with E-state index in [4.69, 9.17) is 0 Å². The van der Waals surface area contributed by atoms with Crippen LogP contribution >= 0.6 is 0 Å². The number of pyridine rings is 1. The highest BCUT2D eigenvalue weighted by atomic mass is 16.2. The van der Waals surface area contributed by atoms with Crippen molar-refractivity contribution in [1.82, 2.24) is 34.9 Å². The van der Waals surface area contributed by atoms with Crippen LogP contribution in [0.3, 0.4) is 0 Å². The zero-order valence-electron chi connectivity index (χ0n) is 17.9. The molecule has 10 nitrogen and oxygen atoms in total. The van der Waals surface area contributed by atoms with E-state index in [1.807, 2.05) is 31.3 Å². The molecule has 32 heavy (non-hydrogen) atoms. The molecule has 2 N–H and O–H groups in total. The van der Waals surface area contributed by atoms with E-state index in [1.54, 1.807) is 16.9 Å². The first-order chi connectivity index (χ1) is 15.7. The highest BCUT2D eigenvalue weighted by molar-refractivity contribution is 5.88. The van der Waals surface area contributed by atoms with E-state index in [2.05, 4.69) is 41.7 Å². The molecule has 0 saturated carbocycles. The van der Waals surface area contributed by atoms with E-state index >= 15 is 0 Å². The lowest BCUT2D eigenvalue weighted by Crippen LogP contribution is -2.33. The summed E-state index contributed by atoms with van der Waals surface area (Å²) < 4.78 is 1.66. The maximum atomic E-state index is 11.7. The van der Waals surface area contributed by atoms with E-state index in [-0.39, 0.29) is 6.03 Å².